The van der Waals surface area contributed by atoms with Gasteiger partial charge in [0, 0.05) is 35.4 Å². The van der Waals surface area contributed by atoms with Crippen molar-refractivity contribution in [3.63, 3.8) is 0 Å². The van der Waals surface area contributed by atoms with Gasteiger partial charge in [-0.2, -0.15) is 10.1 Å². The Morgan fingerprint density at radius 3 is 2.37 bits per heavy atom. The van der Waals surface area contributed by atoms with Crippen molar-refractivity contribution in [2.45, 2.75) is 25.9 Å². The number of aliphatic imine (C=N–C) groups is 1. The van der Waals surface area contributed by atoms with E-state index >= 15 is 0 Å². The number of rotatable bonds is 8. The lowest BCUT2D eigenvalue weighted by atomic mass is 9.90. The fourth-order valence-corrected chi connectivity index (χ4v) is 6.94. The van der Waals surface area contributed by atoms with E-state index in [4.69, 9.17) is 21.4 Å². The van der Waals surface area contributed by atoms with E-state index in [2.05, 4.69) is 40.2 Å². The molecule has 0 N–H and O–H groups in total. The molecule has 0 radical (unpaired) electrons. The van der Waals surface area contributed by atoms with Crippen LogP contribution in [0.4, 0.5) is 0 Å². The Hall–Kier alpha value is -4.59. The average Bonchev–Trinajstić information content (AvgIpc) is 3.69. The smallest absolute Gasteiger partial charge is 0.286 e. The summed E-state index contributed by atoms with van der Waals surface area (Å²) in [6.45, 7) is 2.23. The summed E-state index contributed by atoms with van der Waals surface area (Å²) >= 11 is 7.50. The lowest BCUT2D eigenvalue weighted by Crippen LogP contribution is -2.37. The van der Waals surface area contributed by atoms with Crippen LogP contribution < -0.4 is 4.74 Å². The van der Waals surface area contributed by atoms with Crippen LogP contribution in [0.3, 0.4) is 0 Å². The number of para-hydroxylation sites is 1. The first-order valence-corrected chi connectivity index (χ1v) is 16.7. The number of piperidine rings is 1. The summed E-state index contributed by atoms with van der Waals surface area (Å²) in [5.41, 5.74) is 5.85. The standard InChI is InChI=1S/C38H33ClN4O2S/c39-32-16-14-29(15-17-32)26-45-34-13-7-10-30(23-34)36-31(25-43(41-36)33-11-5-2-6-12-33)24-35-37(44)40-38(46-35)42-20-18-28(19-21-42)22-27-8-3-1-4-9-27/h1-17,23-25,28H,18-22,26H2/b35-24-. The van der Waals surface area contributed by atoms with E-state index in [1.807, 2.05) is 95.8 Å². The van der Waals surface area contributed by atoms with Crippen molar-refractivity contribution in [3.8, 4) is 22.7 Å². The van der Waals surface area contributed by atoms with Gasteiger partial charge in [-0.3, -0.25) is 4.79 Å². The van der Waals surface area contributed by atoms with E-state index < -0.39 is 0 Å². The first-order chi connectivity index (χ1) is 22.6. The summed E-state index contributed by atoms with van der Waals surface area (Å²) < 4.78 is 7.98. The monoisotopic (exact) mass is 644 g/mol. The van der Waals surface area contributed by atoms with Gasteiger partial charge in [-0.1, -0.05) is 84.4 Å². The number of hydrogen-bond donors (Lipinski definition) is 0. The molecule has 1 saturated heterocycles. The summed E-state index contributed by atoms with van der Waals surface area (Å²) in [6, 6.07) is 36.2. The molecule has 1 fully saturated rings. The highest BCUT2D eigenvalue weighted by atomic mass is 35.5. The van der Waals surface area contributed by atoms with Crippen LogP contribution in [0.25, 0.3) is 23.0 Å². The van der Waals surface area contributed by atoms with Crippen molar-refractivity contribution in [3.05, 3.63) is 142 Å². The molecule has 4 aromatic carbocycles. The molecule has 46 heavy (non-hydrogen) atoms. The number of benzene rings is 4. The summed E-state index contributed by atoms with van der Waals surface area (Å²) in [6.07, 6.45) is 7.17. The first kappa shape index (κ1) is 30.1. The van der Waals surface area contributed by atoms with Crippen LogP contribution in [0.5, 0.6) is 5.75 Å². The molecule has 6 nitrogen and oxygen atoms in total. The third-order valence-corrected chi connectivity index (χ3v) is 9.63. The number of aromatic nitrogens is 2. The zero-order valence-corrected chi connectivity index (χ0v) is 26.8. The van der Waals surface area contributed by atoms with E-state index in [0.717, 1.165) is 71.3 Å². The zero-order chi connectivity index (χ0) is 31.3. The highest BCUT2D eigenvalue weighted by Gasteiger charge is 2.29. The van der Waals surface area contributed by atoms with E-state index in [1.54, 1.807) is 0 Å². The SMILES string of the molecule is O=C1N=C(N2CCC(Cc3ccccc3)CC2)S/C1=C\c1cn(-c2ccccc2)nc1-c1cccc(OCc2ccc(Cl)cc2)c1. The topological polar surface area (TPSA) is 59.7 Å². The summed E-state index contributed by atoms with van der Waals surface area (Å²) in [5, 5.41) is 6.46. The molecular weight excluding hydrogens is 612 g/mol. The van der Waals surface area contributed by atoms with Crippen molar-refractivity contribution in [1.82, 2.24) is 14.7 Å². The first-order valence-electron chi connectivity index (χ1n) is 15.5. The summed E-state index contributed by atoms with van der Waals surface area (Å²) in [7, 11) is 0. The predicted molar refractivity (Wildman–Crippen MR) is 187 cm³/mol. The van der Waals surface area contributed by atoms with Gasteiger partial charge < -0.3 is 9.64 Å². The molecule has 0 unspecified atom stereocenters. The number of likely N-dealkylation sites (tertiary alicyclic amines) is 1. The number of carbonyl (C=O) groups is 1. The van der Waals surface area contributed by atoms with Crippen molar-refractivity contribution < 1.29 is 9.53 Å². The Kier molecular flexibility index (Phi) is 9.03. The predicted octanol–water partition coefficient (Wildman–Crippen LogP) is 8.70. The Morgan fingerprint density at radius 1 is 0.870 bits per heavy atom. The van der Waals surface area contributed by atoms with E-state index in [9.17, 15) is 4.79 Å². The fraction of sp³-hybridized carbons (Fsp3) is 0.184. The van der Waals surface area contributed by atoms with Gasteiger partial charge in [0.1, 0.15) is 18.1 Å². The molecule has 0 saturated carbocycles. The minimum atomic E-state index is -0.204. The largest absolute Gasteiger partial charge is 0.489 e. The molecule has 8 heteroatoms. The molecule has 5 aromatic rings. The lowest BCUT2D eigenvalue weighted by molar-refractivity contribution is -0.113. The molecule has 230 valence electrons. The van der Waals surface area contributed by atoms with Crippen LogP contribution in [-0.2, 0) is 17.8 Å². The Balaban J connectivity index is 1.10. The Labute approximate surface area is 278 Å². The molecule has 2 aliphatic heterocycles. The van der Waals surface area contributed by atoms with Crippen LogP contribution in [-0.4, -0.2) is 38.8 Å². The maximum atomic E-state index is 13.2. The molecule has 0 aliphatic carbocycles. The highest BCUT2D eigenvalue weighted by Crippen LogP contribution is 2.35. The number of nitrogens with zero attached hydrogens (tertiary/aromatic N) is 4. The van der Waals surface area contributed by atoms with Crippen LogP contribution in [0.15, 0.2) is 125 Å². The maximum Gasteiger partial charge on any atom is 0.286 e. The van der Waals surface area contributed by atoms with E-state index in [1.165, 1.54) is 17.3 Å². The summed E-state index contributed by atoms with van der Waals surface area (Å²) in [5.74, 6) is 1.17. The number of halogens is 1. The minimum Gasteiger partial charge on any atom is -0.489 e. The minimum absolute atomic E-state index is 0.204. The lowest BCUT2D eigenvalue weighted by Gasteiger charge is -2.32. The van der Waals surface area contributed by atoms with Crippen molar-refractivity contribution in [1.29, 1.82) is 0 Å². The van der Waals surface area contributed by atoms with E-state index in [-0.39, 0.29) is 5.91 Å². The number of ether oxygens (including phenoxy) is 1. The number of carbonyl (C=O) groups excluding carboxylic acids is 1. The number of amidine groups is 1. The second kappa shape index (κ2) is 13.8. The molecular formula is C38H33ClN4O2S. The molecule has 0 bridgehead atoms. The third kappa shape index (κ3) is 7.11. The third-order valence-electron chi connectivity index (χ3n) is 8.34. The van der Waals surface area contributed by atoms with Gasteiger partial charge in [-0.05, 0) is 90.5 Å². The van der Waals surface area contributed by atoms with Crippen LogP contribution in [0.2, 0.25) is 5.02 Å². The highest BCUT2D eigenvalue weighted by molar-refractivity contribution is 8.18. The molecule has 2 aliphatic rings. The van der Waals surface area contributed by atoms with Crippen molar-refractivity contribution >= 4 is 40.5 Å². The molecule has 7 rings (SSSR count). The van der Waals surface area contributed by atoms with Gasteiger partial charge in [-0.15, -0.1) is 0 Å². The average molecular weight is 645 g/mol. The van der Waals surface area contributed by atoms with E-state index in [0.29, 0.717) is 22.5 Å². The molecule has 0 spiro atoms. The quantitative estimate of drug-likeness (QED) is 0.158. The second-order valence-electron chi connectivity index (χ2n) is 11.6. The van der Waals surface area contributed by atoms with Gasteiger partial charge in [0.2, 0.25) is 0 Å². The number of amides is 1. The molecule has 1 aromatic heterocycles. The number of hydrogen-bond acceptors (Lipinski definition) is 5. The molecule has 3 heterocycles. The fourth-order valence-electron chi connectivity index (χ4n) is 5.86. The second-order valence-corrected chi connectivity index (χ2v) is 13.0. The van der Waals surface area contributed by atoms with Crippen LogP contribution >= 0.6 is 23.4 Å². The number of thioether (sulfide) groups is 1. The zero-order valence-electron chi connectivity index (χ0n) is 25.3. The van der Waals surface area contributed by atoms with Gasteiger partial charge >= 0.3 is 0 Å². The van der Waals surface area contributed by atoms with Crippen LogP contribution in [0.1, 0.15) is 29.5 Å². The molecule has 1 amide bonds. The Morgan fingerprint density at radius 2 is 1.61 bits per heavy atom. The molecule has 0 atom stereocenters. The van der Waals surface area contributed by atoms with Gasteiger partial charge in [0.05, 0.1) is 10.6 Å². The van der Waals surface area contributed by atoms with Gasteiger partial charge in [-0.25, -0.2) is 4.68 Å². The normalized spacial score (nSPS) is 16.2. The van der Waals surface area contributed by atoms with Crippen LogP contribution in [0, 0.1) is 5.92 Å². The van der Waals surface area contributed by atoms with Crippen molar-refractivity contribution in [2.75, 3.05) is 13.1 Å². The summed E-state index contributed by atoms with van der Waals surface area (Å²) in [4.78, 5) is 20.5. The van der Waals surface area contributed by atoms with Gasteiger partial charge in [0.15, 0.2) is 5.17 Å². The maximum absolute atomic E-state index is 13.2. The Bertz CT molecular complexity index is 1880. The van der Waals surface area contributed by atoms with Crippen molar-refractivity contribution in [2.24, 2.45) is 10.9 Å². The van der Waals surface area contributed by atoms with Gasteiger partial charge in [0.25, 0.3) is 5.91 Å².